The number of alkyl halides is 2. The second kappa shape index (κ2) is 6.78. The van der Waals surface area contributed by atoms with Crippen LogP contribution in [0.1, 0.15) is 32.6 Å². The fourth-order valence-corrected chi connectivity index (χ4v) is 3.58. The van der Waals surface area contributed by atoms with Crippen molar-refractivity contribution in [3.05, 3.63) is 76.6 Å². The van der Waals surface area contributed by atoms with E-state index in [0.717, 1.165) is 16.7 Å². The van der Waals surface area contributed by atoms with Crippen LogP contribution in [0, 0.1) is 13.8 Å². The summed E-state index contributed by atoms with van der Waals surface area (Å²) in [6.45, 7) is 3.74. The first-order chi connectivity index (χ1) is 13.3. The summed E-state index contributed by atoms with van der Waals surface area (Å²) >= 11 is 0. The van der Waals surface area contributed by atoms with E-state index in [0.29, 0.717) is 28.2 Å². The Morgan fingerprint density at radius 3 is 2.39 bits per heavy atom. The summed E-state index contributed by atoms with van der Waals surface area (Å²) in [5.41, 5.74) is 5.04. The van der Waals surface area contributed by atoms with Crippen molar-refractivity contribution >= 4 is 11.7 Å². The molecule has 0 aliphatic heterocycles. The molecule has 1 N–H and O–H groups in total. The van der Waals surface area contributed by atoms with Crippen molar-refractivity contribution in [1.82, 2.24) is 9.97 Å². The Hall–Kier alpha value is -3.15. The highest BCUT2D eigenvalue weighted by Crippen LogP contribution is 2.37. The third kappa shape index (κ3) is 3.50. The maximum absolute atomic E-state index is 13.7. The second-order valence-corrected chi connectivity index (χ2v) is 7.20. The molecule has 2 aromatic carbocycles. The number of hydrogen-bond donors (Lipinski definition) is 1. The number of aromatic nitrogens is 2. The molecule has 0 atom stereocenters. The van der Waals surface area contributed by atoms with E-state index in [1.807, 2.05) is 26.0 Å². The highest BCUT2D eigenvalue weighted by molar-refractivity contribution is 6.04. The van der Waals surface area contributed by atoms with Crippen molar-refractivity contribution < 1.29 is 13.6 Å². The Morgan fingerprint density at radius 2 is 1.71 bits per heavy atom. The van der Waals surface area contributed by atoms with Crippen molar-refractivity contribution in [2.24, 2.45) is 0 Å². The topological polar surface area (TPSA) is 54.9 Å². The lowest BCUT2D eigenvalue weighted by Crippen LogP contribution is -2.14. The molecule has 0 fully saturated rings. The van der Waals surface area contributed by atoms with Crippen molar-refractivity contribution in [2.45, 2.75) is 32.6 Å². The highest BCUT2D eigenvalue weighted by Gasteiger charge is 2.37. The Labute approximate surface area is 161 Å². The third-order valence-corrected chi connectivity index (χ3v) is 5.00. The molecule has 0 radical (unpaired) electrons. The number of nitrogens with zero attached hydrogens (tertiary/aromatic N) is 2. The van der Waals surface area contributed by atoms with E-state index in [1.54, 1.807) is 30.5 Å². The number of amides is 1. The lowest BCUT2D eigenvalue weighted by Gasteiger charge is -2.10. The van der Waals surface area contributed by atoms with Gasteiger partial charge in [-0.1, -0.05) is 24.3 Å². The van der Waals surface area contributed by atoms with Gasteiger partial charge >= 0.3 is 0 Å². The summed E-state index contributed by atoms with van der Waals surface area (Å²) in [5, 5.41) is 2.73. The van der Waals surface area contributed by atoms with Crippen LogP contribution in [0.5, 0.6) is 0 Å². The van der Waals surface area contributed by atoms with E-state index >= 15 is 0 Å². The van der Waals surface area contributed by atoms with E-state index in [-0.39, 0.29) is 18.7 Å². The number of benzene rings is 2. The van der Waals surface area contributed by atoms with Gasteiger partial charge in [-0.3, -0.25) is 9.78 Å². The number of nitrogens with one attached hydrogen (secondary N) is 1. The van der Waals surface area contributed by atoms with Crippen LogP contribution in [0.2, 0.25) is 0 Å². The summed E-state index contributed by atoms with van der Waals surface area (Å²) in [6, 6.07) is 10.9. The fourth-order valence-electron chi connectivity index (χ4n) is 3.58. The van der Waals surface area contributed by atoms with Crippen molar-refractivity contribution in [2.75, 3.05) is 5.32 Å². The maximum atomic E-state index is 13.7. The first-order valence-corrected chi connectivity index (χ1v) is 9.02. The van der Waals surface area contributed by atoms with Gasteiger partial charge in [-0.25, -0.2) is 13.8 Å². The summed E-state index contributed by atoms with van der Waals surface area (Å²) in [4.78, 5) is 21.0. The van der Waals surface area contributed by atoms with Crippen molar-refractivity contribution in [3.8, 4) is 11.3 Å². The quantitative estimate of drug-likeness (QED) is 0.715. The van der Waals surface area contributed by atoms with E-state index in [2.05, 4.69) is 15.3 Å². The zero-order valence-corrected chi connectivity index (χ0v) is 15.6. The molecule has 4 nitrogen and oxygen atoms in total. The molecule has 0 unspecified atom stereocenters. The zero-order valence-electron chi connectivity index (χ0n) is 15.6. The van der Waals surface area contributed by atoms with Crippen LogP contribution in [0.3, 0.4) is 0 Å². The Balaban J connectivity index is 1.56. The van der Waals surface area contributed by atoms with Gasteiger partial charge in [0.1, 0.15) is 0 Å². The summed E-state index contributed by atoms with van der Waals surface area (Å²) in [7, 11) is 0. The molecule has 1 aliphatic carbocycles. The van der Waals surface area contributed by atoms with Gasteiger partial charge in [0.25, 0.3) is 11.8 Å². The van der Waals surface area contributed by atoms with Crippen molar-refractivity contribution in [1.29, 1.82) is 0 Å². The van der Waals surface area contributed by atoms with Gasteiger partial charge in [0.05, 0.1) is 18.1 Å². The molecule has 1 aliphatic rings. The molecule has 0 spiro atoms. The summed E-state index contributed by atoms with van der Waals surface area (Å²) in [5.74, 6) is -2.60. The molecule has 1 aromatic heterocycles. The monoisotopic (exact) mass is 379 g/mol. The van der Waals surface area contributed by atoms with Crippen LogP contribution in [-0.4, -0.2) is 21.8 Å². The summed E-state index contributed by atoms with van der Waals surface area (Å²) < 4.78 is 27.4. The van der Waals surface area contributed by atoms with Gasteiger partial charge in [-0.15, -0.1) is 0 Å². The minimum Gasteiger partial charge on any atom is -0.305 e. The second-order valence-electron chi connectivity index (χ2n) is 7.20. The van der Waals surface area contributed by atoms with Crippen LogP contribution in [0.25, 0.3) is 11.3 Å². The molecule has 0 saturated heterocycles. The van der Waals surface area contributed by atoms with E-state index in [9.17, 15) is 13.6 Å². The molecule has 1 heterocycles. The number of hydrogen-bond acceptors (Lipinski definition) is 3. The standard InChI is InChI=1S/C22H19F2N3O/c1-13-5-3-4-6-17(13)21(28)27-20-12-25-19(11-26-20)18-8-16-10-22(23,24)9-15(16)7-14(18)2/h3-8,11-12H,9-10H2,1-2H3,(H,26,27,28). The molecule has 28 heavy (non-hydrogen) atoms. The zero-order chi connectivity index (χ0) is 19.9. The Kier molecular flexibility index (Phi) is 4.41. The smallest absolute Gasteiger partial charge is 0.257 e. The molecule has 142 valence electrons. The van der Waals surface area contributed by atoms with Crippen LogP contribution < -0.4 is 5.32 Å². The highest BCUT2D eigenvalue weighted by atomic mass is 19.3. The van der Waals surface area contributed by atoms with Crippen LogP contribution in [0.4, 0.5) is 14.6 Å². The molecule has 0 bridgehead atoms. The minimum atomic E-state index is -2.68. The lowest BCUT2D eigenvalue weighted by molar-refractivity contribution is 0.0130. The molecule has 0 saturated carbocycles. The van der Waals surface area contributed by atoms with E-state index < -0.39 is 5.92 Å². The van der Waals surface area contributed by atoms with Crippen molar-refractivity contribution in [3.63, 3.8) is 0 Å². The molecule has 4 rings (SSSR count). The average molecular weight is 379 g/mol. The summed E-state index contributed by atoms with van der Waals surface area (Å²) in [6.07, 6.45) is 2.58. The number of rotatable bonds is 3. The number of anilines is 1. The molecule has 6 heteroatoms. The number of aryl methyl sites for hydroxylation is 2. The fraction of sp³-hybridized carbons (Fsp3) is 0.227. The first-order valence-electron chi connectivity index (χ1n) is 9.02. The van der Waals surface area contributed by atoms with E-state index in [4.69, 9.17) is 0 Å². The number of carbonyl (C=O) groups is 1. The lowest BCUT2D eigenvalue weighted by atomic mass is 9.99. The third-order valence-electron chi connectivity index (χ3n) is 5.00. The normalized spacial score (nSPS) is 14.6. The van der Waals surface area contributed by atoms with Crippen LogP contribution in [-0.2, 0) is 12.8 Å². The number of carbonyl (C=O) groups excluding carboxylic acids is 1. The van der Waals surface area contributed by atoms with Gasteiger partial charge in [-0.05, 0) is 48.2 Å². The first kappa shape index (κ1) is 18.2. The number of halogens is 2. The predicted molar refractivity (Wildman–Crippen MR) is 104 cm³/mol. The van der Waals surface area contributed by atoms with Gasteiger partial charge < -0.3 is 5.32 Å². The molecular weight excluding hydrogens is 360 g/mol. The largest absolute Gasteiger partial charge is 0.305 e. The Bertz CT molecular complexity index is 1060. The number of fused-ring (bicyclic) bond motifs is 1. The average Bonchev–Trinajstić information content (AvgIpc) is 2.95. The van der Waals surface area contributed by atoms with Crippen LogP contribution in [0.15, 0.2) is 48.8 Å². The van der Waals surface area contributed by atoms with Gasteiger partial charge in [-0.2, -0.15) is 0 Å². The van der Waals surface area contributed by atoms with Gasteiger partial charge in [0, 0.05) is 24.0 Å². The predicted octanol–water partition coefficient (Wildman–Crippen LogP) is 4.75. The van der Waals surface area contributed by atoms with Gasteiger partial charge in [0.15, 0.2) is 5.82 Å². The molecule has 3 aromatic rings. The van der Waals surface area contributed by atoms with Crippen LogP contribution >= 0.6 is 0 Å². The Morgan fingerprint density at radius 1 is 1.00 bits per heavy atom. The molecular formula is C22H19F2N3O. The minimum absolute atomic E-state index is 0.209. The SMILES string of the molecule is Cc1ccccc1C(=O)Nc1cnc(-c2cc3c(cc2C)CC(F)(F)C3)cn1. The molecule has 1 amide bonds. The van der Waals surface area contributed by atoms with Gasteiger partial charge in [0.2, 0.25) is 0 Å². The maximum Gasteiger partial charge on any atom is 0.257 e. The van der Waals surface area contributed by atoms with E-state index in [1.165, 1.54) is 6.20 Å².